The van der Waals surface area contributed by atoms with Gasteiger partial charge in [-0.15, -0.1) is 24.0 Å². The van der Waals surface area contributed by atoms with E-state index in [2.05, 4.69) is 9.89 Å². The number of ether oxygens (including phenoxy) is 1. The quantitative estimate of drug-likeness (QED) is 0.466. The number of hydrogen-bond acceptors (Lipinski definition) is 2. The second kappa shape index (κ2) is 6.22. The third-order valence-corrected chi connectivity index (χ3v) is 3.90. The lowest BCUT2D eigenvalue weighted by atomic mass is 9.69. The van der Waals surface area contributed by atoms with Gasteiger partial charge in [0, 0.05) is 25.6 Å². The summed E-state index contributed by atoms with van der Waals surface area (Å²) in [6, 6.07) is 0.642. The highest BCUT2D eigenvalue weighted by Crippen LogP contribution is 2.41. The molecule has 17 heavy (non-hydrogen) atoms. The molecule has 2 rings (SSSR count). The van der Waals surface area contributed by atoms with Crippen molar-refractivity contribution in [2.75, 3.05) is 27.3 Å². The van der Waals surface area contributed by atoms with Gasteiger partial charge in [0.2, 0.25) is 0 Å². The predicted molar refractivity (Wildman–Crippen MR) is 80.8 cm³/mol. The van der Waals surface area contributed by atoms with Crippen molar-refractivity contribution in [3.63, 3.8) is 0 Å². The molecule has 0 aliphatic heterocycles. The highest BCUT2D eigenvalue weighted by atomic mass is 127. The van der Waals surface area contributed by atoms with Gasteiger partial charge in [-0.25, -0.2) is 0 Å². The zero-order chi connectivity index (χ0) is 11.6. The van der Waals surface area contributed by atoms with Gasteiger partial charge in [0.15, 0.2) is 5.96 Å². The summed E-state index contributed by atoms with van der Waals surface area (Å²) in [6.07, 6.45) is 6.28. The van der Waals surface area contributed by atoms with E-state index in [1.807, 2.05) is 7.05 Å². The first-order valence-electron chi connectivity index (χ1n) is 6.19. The summed E-state index contributed by atoms with van der Waals surface area (Å²) in [5.41, 5.74) is 6.26. The second-order valence-electron chi connectivity index (χ2n) is 5.30. The minimum atomic E-state index is 0. The van der Waals surface area contributed by atoms with E-state index in [9.17, 15) is 0 Å². The Kier molecular flexibility index (Phi) is 5.50. The Morgan fingerprint density at radius 1 is 1.47 bits per heavy atom. The van der Waals surface area contributed by atoms with Crippen LogP contribution in [0.2, 0.25) is 0 Å². The largest absolute Gasteiger partial charge is 0.384 e. The van der Waals surface area contributed by atoms with E-state index in [0.29, 0.717) is 12.0 Å². The number of nitrogens with zero attached hydrogens (tertiary/aromatic N) is 2. The van der Waals surface area contributed by atoms with E-state index in [0.717, 1.165) is 13.2 Å². The van der Waals surface area contributed by atoms with Crippen molar-refractivity contribution >= 4 is 29.9 Å². The standard InChI is InChI=1S/C12H23N3O.HI/c1-15(10-4-5-10)11(13)14-8-12(9-16-2)6-3-7-12;/h10H,3-9H2,1-2H3,(H2,13,14);1H. The summed E-state index contributed by atoms with van der Waals surface area (Å²) in [7, 11) is 3.81. The van der Waals surface area contributed by atoms with Crippen LogP contribution in [0.15, 0.2) is 4.99 Å². The molecule has 2 N–H and O–H groups in total. The maximum absolute atomic E-state index is 5.98. The molecule has 0 aromatic carbocycles. The highest BCUT2D eigenvalue weighted by Gasteiger charge is 2.37. The molecular formula is C12H24IN3O. The van der Waals surface area contributed by atoms with Crippen molar-refractivity contribution < 1.29 is 4.74 Å². The van der Waals surface area contributed by atoms with Gasteiger partial charge in [-0.3, -0.25) is 4.99 Å². The topological polar surface area (TPSA) is 50.9 Å². The van der Waals surface area contributed by atoms with Crippen molar-refractivity contribution in [2.24, 2.45) is 16.1 Å². The lowest BCUT2D eigenvalue weighted by Crippen LogP contribution is -2.40. The molecule has 100 valence electrons. The van der Waals surface area contributed by atoms with E-state index in [1.165, 1.54) is 32.1 Å². The molecular weight excluding hydrogens is 329 g/mol. The maximum Gasteiger partial charge on any atom is 0.191 e. The van der Waals surface area contributed by atoms with Crippen LogP contribution in [-0.4, -0.2) is 44.2 Å². The van der Waals surface area contributed by atoms with Crippen molar-refractivity contribution in [3.8, 4) is 0 Å². The molecule has 5 heteroatoms. The molecule has 0 unspecified atom stereocenters. The van der Waals surface area contributed by atoms with Gasteiger partial charge in [-0.1, -0.05) is 6.42 Å². The van der Waals surface area contributed by atoms with Crippen LogP contribution >= 0.6 is 24.0 Å². The van der Waals surface area contributed by atoms with Crippen molar-refractivity contribution in [1.82, 2.24) is 4.90 Å². The lowest BCUT2D eigenvalue weighted by molar-refractivity contribution is 0.0251. The highest BCUT2D eigenvalue weighted by molar-refractivity contribution is 14.0. The molecule has 0 heterocycles. The summed E-state index contributed by atoms with van der Waals surface area (Å²) < 4.78 is 5.28. The molecule has 0 aromatic rings. The molecule has 2 fully saturated rings. The van der Waals surface area contributed by atoms with E-state index >= 15 is 0 Å². The fourth-order valence-corrected chi connectivity index (χ4v) is 2.34. The Hall–Kier alpha value is -0.0400. The summed E-state index contributed by atoms with van der Waals surface area (Å²) in [6.45, 7) is 1.64. The van der Waals surface area contributed by atoms with E-state index in [-0.39, 0.29) is 29.4 Å². The van der Waals surface area contributed by atoms with E-state index < -0.39 is 0 Å². The predicted octanol–water partition coefficient (Wildman–Crippen LogP) is 1.83. The zero-order valence-electron chi connectivity index (χ0n) is 10.8. The fraction of sp³-hybridized carbons (Fsp3) is 0.917. The van der Waals surface area contributed by atoms with Crippen LogP contribution in [0.4, 0.5) is 0 Å². The molecule has 0 saturated heterocycles. The van der Waals surface area contributed by atoms with Crippen LogP contribution in [0, 0.1) is 5.41 Å². The molecule has 2 aliphatic carbocycles. The normalized spacial score (nSPS) is 22.6. The van der Waals surface area contributed by atoms with Crippen molar-refractivity contribution in [3.05, 3.63) is 0 Å². The van der Waals surface area contributed by atoms with Crippen LogP contribution in [0.5, 0.6) is 0 Å². The van der Waals surface area contributed by atoms with E-state index in [4.69, 9.17) is 10.5 Å². The first-order chi connectivity index (χ1) is 7.67. The number of guanidine groups is 1. The number of methoxy groups -OCH3 is 1. The molecule has 0 atom stereocenters. The van der Waals surface area contributed by atoms with Gasteiger partial charge in [-0.2, -0.15) is 0 Å². The first-order valence-corrected chi connectivity index (χ1v) is 6.19. The summed E-state index contributed by atoms with van der Waals surface area (Å²) in [4.78, 5) is 6.65. The smallest absolute Gasteiger partial charge is 0.191 e. The van der Waals surface area contributed by atoms with Gasteiger partial charge < -0.3 is 15.4 Å². The van der Waals surface area contributed by atoms with Gasteiger partial charge in [-0.05, 0) is 25.7 Å². The van der Waals surface area contributed by atoms with Crippen LogP contribution in [-0.2, 0) is 4.74 Å². The maximum atomic E-state index is 5.98. The number of rotatable bonds is 5. The summed E-state index contributed by atoms with van der Waals surface area (Å²) >= 11 is 0. The molecule has 0 aromatic heterocycles. The van der Waals surface area contributed by atoms with Gasteiger partial charge >= 0.3 is 0 Å². The Balaban J connectivity index is 0.00000144. The van der Waals surface area contributed by atoms with Crippen LogP contribution in [0.25, 0.3) is 0 Å². The summed E-state index contributed by atoms with van der Waals surface area (Å²) in [5.74, 6) is 0.699. The SMILES string of the molecule is COCC1(CN=C(N)N(C)C2CC2)CCC1.I. The average molecular weight is 353 g/mol. The number of aliphatic imine (C=N–C) groups is 1. The molecule has 2 aliphatic rings. The van der Waals surface area contributed by atoms with Gasteiger partial charge in [0.05, 0.1) is 13.2 Å². The Morgan fingerprint density at radius 2 is 2.12 bits per heavy atom. The number of nitrogens with two attached hydrogens (primary N) is 1. The van der Waals surface area contributed by atoms with Crippen molar-refractivity contribution in [1.29, 1.82) is 0 Å². The fourth-order valence-electron chi connectivity index (χ4n) is 2.34. The van der Waals surface area contributed by atoms with Gasteiger partial charge in [0.1, 0.15) is 0 Å². The molecule has 0 spiro atoms. The van der Waals surface area contributed by atoms with E-state index in [1.54, 1.807) is 7.11 Å². The Morgan fingerprint density at radius 3 is 2.53 bits per heavy atom. The average Bonchev–Trinajstić information content (AvgIpc) is 3.03. The molecule has 4 nitrogen and oxygen atoms in total. The first kappa shape index (κ1) is 15.0. The lowest BCUT2D eigenvalue weighted by Gasteiger charge is -2.40. The van der Waals surface area contributed by atoms with Crippen LogP contribution in [0.1, 0.15) is 32.1 Å². The third-order valence-electron chi connectivity index (χ3n) is 3.90. The Labute approximate surface area is 121 Å². The number of halogens is 1. The second-order valence-corrected chi connectivity index (χ2v) is 5.30. The monoisotopic (exact) mass is 353 g/mol. The van der Waals surface area contributed by atoms with Crippen LogP contribution < -0.4 is 5.73 Å². The molecule has 0 amide bonds. The van der Waals surface area contributed by atoms with Crippen LogP contribution in [0.3, 0.4) is 0 Å². The zero-order valence-corrected chi connectivity index (χ0v) is 13.1. The summed E-state index contributed by atoms with van der Waals surface area (Å²) in [5, 5.41) is 0. The number of hydrogen-bond donors (Lipinski definition) is 1. The Bertz CT molecular complexity index is 275. The van der Waals surface area contributed by atoms with Crippen molar-refractivity contribution in [2.45, 2.75) is 38.1 Å². The minimum absolute atomic E-state index is 0. The van der Waals surface area contributed by atoms with Gasteiger partial charge in [0.25, 0.3) is 0 Å². The molecule has 0 radical (unpaired) electrons. The molecule has 0 bridgehead atoms. The molecule has 2 saturated carbocycles. The minimum Gasteiger partial charge on any atom is -0.384 e. The third kappa shape index (κ3) is 3.71.